The molecule has 0 saturated carbocycles. The summed E-state index contributed by atoms with van der Waals surface area (Å²) >= 11 is 16.7. The second kappa shape index (κ2) is 36.2. The highest BCUT2D eigenvalue weighted by atomic mass is 35.5. The Labute approximate surface area is 432 Å². The second-order valence-corrected chi connectivity index (χ2v) is 16.7. The monoisotopic (exact) mass is 1030 g/mol. The summed E-state index contributed by atoms with van der Waals surface area (Å²) in [7, 11) is 0. The van der Waals surface area contributed by atoms with Crippen LogP contribution in [0.3, 0.4) is 0 Å². The Bertz CT molecular complexity index is 2500. The second-order valence-electron chi connectivity index (χ2n) is 15.5. The number of esters is 1. The van der Waals surface area contributed by atoms with E-state index in [0.29, 0.717) is 55.2 Å². The fourth-order valence-electron chi connectivity index (χ4n) is 5.18. The van der Waals surface area contributed by atoms with Crippen molar-refractivity contribution in [1.82, 2.24) is 0 Å². The van der Waals surface area contributed by atoms with E-state index in [2.05, 4.69) is 46.4 Å². The van der Waals surface area contributed by atoms with Crippen LogP contribution in [0.4, 0.5) is 47.3 Å². The van der Waals surface area contributed by atoms with Gasteiger partial charge in [-0.25, -0.2) is 13.2 Å². The Morgan fingerprint density at radius 2 is 1.14 bits per heavy atom. The smallest absolute Gasteiger partial charge is 0.325 e. The predicted octanol–water partition coefficient (Wildman–Crippen LogP) is 14.0. The van der Waals surface area contributed by atoms with Crippen LogP contribution < -0.4 is 32.7 Å². The van der Waals surface area contributed by atoms with Gasteiger partial charge in [0.2, 0.25) is 0 Å². The lowest BCUT2D eigenvalue weighted by Gasteiger charge is -2.19. The van der Waals surface area contributed by atoms with Gasteiger partial charge in [0.25, 0.3) is 0 Å². The van der Waals surface area contributed by atoms with Crippen LogP contribution in [0.2, 0.25) is 15.1 Å². The zero-order chi connectivity index (χ0) is 53.0. The van der Waals surface area contributed by atoms with Gasteiger partial charge in [0.05, 0.1) is 58.9 Å². The molecule has 6 rings (SSSR count). The molecule has 0 saturated heterocycles. The van der Waals surface area contributed by atoms with Crippen molar-refractivity contribution >= 4 is 74.9 Å². The van der Waals surface area contributed by atoms with Gasteiger partial charge in [0.15, 0.2) is 0 Å². The summed E-state index contributed by atoms with van der Waals surface area (Å²) in [6.45, 7) is 14.9. The van der Waals surface area contributed by atoms with Gasteiger partial charge in [0.1, 0.15) is 24.0 Å². The molecule has 0 fully saturated rings. The molecule has 6 aromatic carbocycles. The molecule has 8 N–H and O–H groups in total. The van der Waals surface area contributed by atoms with E-state index in [4.69, 9.17) is 66.3 Å². The number of para-hydroxylation sites is 3. The first kappa shape index (κ1) is 62.2. The lowest BCUT2D eigenvalue weighted by molar-refractivity contribution is -0.140. The normalized spacial score (nSPS) is 9.77. The van der Waals surface area contributed by atoms with Crippen molar-refractivity contribution in [3.8, 4) is 12.1 Å². The zero-order valence-corrected chi connectivity index (χ0v) is 43.2. The Kier molecular flexibility index (Phi) is 31.7. The van der Waals surface area contributed by atoms with Crippen LogP contribution in [0.1, 0.15) is 52.2 Å². The lowest BCUT2D eigenvalue weighted by Crippen LogP contribution is -2.23. The quantitative estimate of drug-likeness (QED) is 0.0347. The van der Waals surface area contributed by atoms with Gasteiger partial charge in [0, 0.05) is 53.8 Å². The third-order valence-electron chi connectivity index (χ3n) is 8.75. The van der Waals surface area contributed by atoms with Gasteiger partial charge in [-0.05, 0) is 132 Å². The van der Waals surface area contributed by atoms with Gasteiger partial charge in [-0.1, -0.05) is 89.4 Å². The van der Waals surface area contributed by atoms with Crippen LogP contribution in [-0.4, -0.2) is 51.0 Å². The lowest BCUT2D eigenvalue weighted by atomic mass is 10.1. The predicted molar refractivity (Wildman–Crippen MR) is 289 cm³/mol. The van der Waals surface area contributed by atoms with Crippen molar-refractivity contribution in [2.75, 3.05) is 72.1 Å². The molecule has 6 aromatic rings. The van der Waals surface area contributed by atoms with E-state index in [-0.39, 0.29) is 33.2 Å². The van der Waals surface area contributed by atoms with Gasteiger partial charge >= 0.3 is 5.97 Å². The summed E-state index contributed by atoms with van der Waals surface area (Å²) in [5, 5.41) is 29.1. The summed E-state index contributed by atoms with van der Waals surface area (Å²) in [5.74, 6) is -1.68. The van der Waals surface area contributed by atoms with E-state index in [1.54, 1.807) is 32.0 Å². The number of hydrogen-bond acceptors (Lipinski definition) is 11. The van der Waals surface area contributed by atoms with Crippen molar-refractivity contribution in [3.63, 3.8) is 0 Å². The third kappa shape index (κ3) is 29.1. The zero-order valence-electron chi connectivity index (χ0n) is 40.9. The number of hydrogen-bond donors (Lipinski definition) is 6. The van der Waals surface area contributed by atoms with Crippen molar-refractivity contribution in [1.29, 1.82) is 10.5 Å². The van der Waals surface area contributed by atoms with Gasteiger partial charge < -0.3 is 42.2 Å². The first-order valence-electron chi connectivity index (χ1n) is 22.4. The van der Waals surface area contributed by atoms with E-state index >= 15 is 0 Å². The molecule has 0 spiro atoms. The van der Waals surface area contributed by atoms with E-state index in [9.17, 15) is 18.0 Å². The number of nitrogens with two attached hydrogens (primary N) is 2. The molecule has 11 nitrogen and oxygen atoms in total. The number of halogens is 6. The molecule has 0 unspecified atom stereocenters. The van der Waals surface area contributed by atoms with Crippen LogP contribution >= 0.6 is 34.8 Å². The molecular formula is C54H64Cl3F3N8O3. The van der Waals surface area contributed by atoms with Gasteiger partial charge in [-0.2, -0.15) is 10.5 Å². The molecular weight excluding hydrogens is 972 g/mol. The van der Waals surface area contributed by atoms with Crippen molar-refractivity contribution < 1.29 is 27.4 Å². The van der Waals surface area contributed by atoms with E-state index in [1.165, 1.54) is 42.1 Å². The van der Waals surface area contributed by atoms with E-state index < -0.39 is 17.5 Å². The molecule has 0 radical (unpaired) electrons. The highest BCUT2D eigenvalue weighted by molar-refractivity contribution is 6.32. The SMILES string of the molecule is CC(C)(C)OCCNc1ccc(F)c(Cl)c1.CCNc1ccccc1.CCOC(=O)CNc1ccc(F)c(Cl)c1.Cc1c(N)ccc(F)c1Cl.N#CCCNc1ccccc1.N#CCc1ccccc1N. The number of nitrogens with one attached hydrogen (secondary N) is 4. The van der Waals surface area contributed by atoms with Crippen LogP contribution in [0.25, 0.3) is 0 Å². The minimum absolute atomic E-state index is 0.0175. The minimum atomic E-state index is -0.488. The summed E-state index contributed by atoms with van der Waals surface area (Å²) < 4.78 is 48.4. The van der Waals surface area contributed by atoms with E-state index in [1.807, 2.05) is 93.6 Å². The molecule has 0 aliphatic heterocycles. The van der Waals surface area contributed by atoms with Crippen molar-refractivity contribution in [3.05, 3.63) is 177 Å². The Balaban J connectivity index is 0.000000431. The molecule has 380 valence electrons. The average Bonchev–Trinajstić information content (AvgIpc) is 3.35. The first-order valence-corrected chi connectivity index (χ1v) is 23.5. The molecule has 0 heterocycles. The standard InChI is InChI=1S/C12H17ClFNO.C10H11ClFNO2.C9H10N2.C8H8N2.C8H11N.C7H7ClFN/c1-12(2,3)16-7-6-15-9-4-5-11(14)10(13)8-9;1-2-15-10(14)6-13-7-3-4-9(12)8(11)5-7;10-7-4-8-11-9-5-2-1-3-6-9;9-6-5-7-3-1-2-4-8(7)10;1-2-9-8-6-4-3-5-7-8;1-4-6(10)3-2-5(9)7(4)8/h4-5,8,15H,6-7H2,1-3H3;3-5,13H,2,6H2,1H3;1-3,5-6,11H,4,8H2;1-4H,5,10H2;3-7,9H,2H2,1H3;2-3H,10H2,1H3. The molecule has 0 aliphatic rings. The topological polar surface area (TPSA) is 183 Å². The number of nitriles is 2. The van der Waals surface area contributed by atoms with Crippen LogP contribution in [0.5, 0.6) is 0 Å². The number of carbonyl (C=O) groups is 1. The maximum absolute atomic E-state index is 12.9. The number of rotatable bonds is 14. The number of ether oxygens (including phenoxy) is 2. The molecule has 71 heavy (non-hydrogen) atoms. The number of nitrogens with zero attached hydrogens (tertiary/aromatic N) is 2. The molecule has 0 bridgehead atoms. The molecule has 0 atom stereocenters. The van der Waals surface area contributed by atoms with Crippen molar-refractivity contribution in [2.45, 2.75) is 60.0 Å². The fraction of sp³-hybridized carbons (Fsp3) is 0.278. The highest BCUT2D eigenvalue weighted by Crippen LogP contribution is 2.24. The summed E-state index contributed by atoms with van der Waals surface area (Å²) in [6, 6.07) is 43.0. The average molecular weight is 1040 g/mol. The first-order chi connectivity index (χ1) is 33.8. The van der Waals surface area contributed by atoms with E-state index in [0.717, 1.165) is 30.0 Å². The molecule has 0 aromatic heterocycles. The van der Waals surface area contributed by atoms with Crippen LogP contribution in [0.15, 0.2) is 133 Å². The fourth-order valence-corrected chi connectivity index (χ4v) is 5.71. The number of benzene rings is 6. The molecule has 0 amide bonds. The van der Waals surface area contributed by atoms with Crippen LogP contribution in [0, 0.1) is 47.0 Å². The highest BCUT2D eigenvalue weighted by Gasteiger charge is 2.09. The molecule has 17 heteroatoms. The Morgan fingerprint density at radius 1 is 0.634 bits per heavy atom. The van der Waals surface area contributed by atoms with Gasteiger partial charge in [-0.15, -0.1) is 0 Å². The van der Waals surface area contributed by atoms with Crippen LogP contribution in [-0.2, 0) is 20.7 Å². The number of carbonyl (C=O) groups excluding carboxylic acids is 1. The Hall–Kier alpha value is -6.81. The number of nitrogen functional groups attached to an aromatic ring is 2. The largest absolute Gasteiger partial charge is 0.465 e. The molecule has 0 aliphatic carbocycles. The third-order valence-corrected chi connectivity index (χ3v) is 9.79. The summed E-state index contributed by atoms with van der Waals surface area (Å²) in [4.78, 5) is 11.0. The summed E-state index contributed by atoms with van der Waals surface area (Å²) in [6.07, 6.45) is 0.946. The van der Waals surface area contributed by atoms with Gasteiger partial charge in [-0.3, -0.25) is 4.79 Å². The number of anilines is 6. The maximum atomic E-state index is 12.9. The van der Waals surface area contributed by atoms with Crippen molar-refractivity contribution in [2.24, 2.45) is 0 Å². The maximum Gasteiger partial charge on any atom is 0.325 e. The minimum Gasteiger partial charge on any atom is -0.465 e. The summed E-state index contributed by atoms with van der Waals surface area (Å²) in [5.41, 5.74) is 17.2. The Morgan fingerprint density at radius 3 is 1.62 bits per heavy atom.